The molecule has 15 heavy (non-hydrogen) atoms. The average Bonchev–Trinajstić information content (AvgIpc) is 1.95. The first kappa shape index (κ1) is 16.5. The topological polar surface area (TPSA) is 83.8 Å². The first-order valence-electron chi connectivity index (χ1n) is 4.70. The number of carboxylic acid groups (broad SMARTS) is 1. The Morgan fingerprint density at radius 1 is 1.27 bits per heavy atom. The molecule has 0 aliphatic rings. The lowest BCUT2D eigenvalue weighted by Gasteiger charge is -2.12. The molecule has 0 amide bonds. The van der Waals surface area contributed by atoms with Gasteiger partial charge < -0.3 is 14.6 Å². The van der Waals surface area contributed by atoms with Gasteiger partial charge in [-0.05, 0) is 25.6 Å². The molecule has 0 aromatic heterocycles. The molecule has 0 saturated carbocycles. The van der Waals surface area contributed by atoms with Gasteiger partial charge >= 0.3 is 5.97 Å². The summed E-state index contributed by atoms with van der Waals surface area (Å²) in [7, 11) is -1.92. The molecule has 2 N–H and O–H groups in total. The van der Waals surface area contributed by atoms with Crippen LogP contribution in [0.5, 0.6) is 0 Å². The van der Waals surface area contributed by atoms with Crippen LogP contribution in [0.3, 0.4) is 0 Å². The summed E-state index contributed by atoms with van der Waals surface area (Å²) in [5.41, 5.74) is 0. The van der Waals surface area contributed by atoms with E-state index >= 15 is 0 Å². The van der Waals surface area contributed by atoms with Gasteiger partial charge in [0.1, 0.15) is 0 Å². The van der Waals surface area contributed by atoms with E-state index in [1.54, 1.807) is 0 Å². The number of carbonyl (C=O) groups excluding carboxylic acids is 1. The van der Waals surface area contributed by atoms with Crippen LogP contribution in [0.1, 0.15) is 20.3 Å². The Hall–Kier alpha value is -0.883. The number of aliphatic carboxylic acids is 1. The maximum atomic E-state index is 10.3. The summed E-state index contributed by atoms with van der Waals surface area (Å²) in [6.45, 7) is 6.66. The number of ether oxygens (including phenoxy) is 1. The molecule has 0 saturated heterocycles. The molecule has 0 aliphatic heterocycles. The van der Waals surface area contributed by atoms with Crippen molar-refractivity contribution < 1.29 is 24.2 Å². The number of esters is 1. The summed E-state index contributed by atoms with van der Waals surface area (Å²) in [4.78, 5) is 28.7. The van der Waals surface area contributed by atoms with Crippen LogP contribution in [0, 0.1) is 0 Å². The monoisotopic (exact) mass is 236 g/mol. The van der Waals surface area contributed by atoms with Crippen LogP contribution in [-0.4, -0.2) is 36.8 Å². The fourth-order valence-electron chi connectivity index (χ4n) is 0.721. The van der Waals surface area contributed by atoms with E-state index in [-0.39, 0.29) is 5.97 Å². The van der Waals surface area contributed by atoms with Crippen molar-refractivity contribution in [1.29, 1.82) is 0 Å². The smallest absolute Gasteiger partial charge is 0.302 e. The maximum Gasteiger partial charge on any atom is 0.302 e. The highest BCUT2D eigenvalue weighted by Crippen LogP contribution is 2.07. The molecule has 0 aromatic carbocycles. The van der Waals surface area contributed by atoms with E-state index in [1.165, 1.54) is 6.92 Å². The zero-order chi connectivity index (χ0) is 12.5. The van der Waals surface area contributed by atoms with Gasteiger partial charge in [0.25, 0.3) is 5.97 Å². The number of hydrogen-bond acceptors (Lipinski definition) is 4. The third-order valence-corrected chi connectivity index (χ3v) is 2.82. The zero-order valence-electron chi connectivity index (χ0n) is 9.74. The van der Waals surface area contributed by atoms with Crippen LogP contribution in [-0.2, 0) is 14.3 Å². The quantitative estimate of drug-likeness (QED) is 0.436. The Bertz CT molecular complexity index is 193. The largest absolute Gasteiger partial charge is 0.481 e. The van der Waals surface area contributed by atoms with Crippen LogP contribution in [0.4, 0.5) is 0 Å². The Labute approximate surface area is 91.2 Å². The number of hydrogen-bond donors (Lipinski definition) is 2. The van der Waals surface area contributed by atoms with Crippen molar-refractivity contribution in [1.82, 2.24) is 0 Å². The Morgan fingerprint density at radius 2 is 1.67 bits per heavy atom. The molecular weight excluding hydrogens is 216 g/mol. The highest BCUT2D eigenvalue weighted by Gasteiger charge is 2.15. The number of rotatable bonds is 4. The first-order chi connectivity index (χ1) is 6.65. The lowest BCUT2D eigenvalue weighted by atomic mass is 10.5. The second kappa shape index (κ2) is 8.43. The van der Waals surface area contributed by atoms with Crippen LogP contribution in [0.2, 0.25) is 19.1 Å². The third kappa shape index (κ3) is 32.0. The molecule has 0 rings (SSSR count). The van der Waals surface area contributed by atoms with Crippen LogP contribution < -0.4 is 0 Å². The predicted molar refractivity (Wildman–Crippen MR) is 59.1 cm³/mol. The third-order valence-electron chi connectivity index (χ3n) is 1.24. The minimum Gasteiger partial charge on any atom is -0.481 e. The van der Waals surface area contributed by atoms with Gasteiger partial charge in [-0.3, -0.25) is 9.59 Å². The standard InChI is InChI=1S/C7H16O3Si.C2H4O2/c1-7(8)10-5-4-6-11(2,3)9;1-2(3)4/h9H,4-6H2,1-3H3;1H3,(H,3,4). The van der Waals surface area contributed by atoms with Crippen LogP contribution in [0.25, 0.3) is 0 Å². The molecule has 6 heteroatoms. The highest BCUT2D eigenvalue weighted by atomic mass is 28.4. The SMILES string of the molecule is CC(=O)O.CC(=O)OCCC[Si](C)(C)O. The van der Waals surface area contributed by atoms with E-state index in [1.807, 2.05) is 13.1 Å². The average molecular weight is 236 g/mol. The molecular formula is C9H20O5Si. The lowest BCUT2D eigenvalue weighted by molar-refractivity contribution is -0.141. The van der Waals surface area contributed by atoms with Crippen molar-refractivity contribution >= 4 is 20.3 Å². The van der Waals surface area contributed by atoms with E-state index in [0.29, 0.717) is 6.61 Å². The molecule has 0 fully saturated rings. The molecule has 5 nitrogen and oxygen atoms in total. The van der Waals surface area contributed by atoms with Gasteiger partial charge in [0.05, 0.1) is 6.61 Å². The summed E-state index contributed by atoms with van der Waals surface area (Å²) in [5.74, 6) is -1.08. The summed E-state index contributed by atoms with van der Waals surface area (Å²) in [6, 6.07) is 0.792. The minimum absolute atomic E-state index is 0.248. The fourth-order valence-corrected chi connectivity index (χ4v) is 1.73. The Balaban J connectivity index is 0. The molecule has 0 bridgehead atoms. The van der Waals surface area contributed by atoms with E-state index in [9.17, 15) is 9.59 Å². The number of carboxylic acids is 1. The summed E-state index contributed by atoms with van der Waals surface area (Å²) >= 11 is 0. The summed E-state index contributed by atoms with van der Waals surface area (Å²) in [6.07, 6.45) is 0.773. The van der Waals surface area contributed by atoms with Crippen molar-refractivity contribution in [3.05, 3.63) is 0 Å². The molecule has 0 unspecified atom stereocenters. The van der Waals surface area contributed by atoms with E-state index in [2.05, 4.69) is 0 Å². The predicted octanol–water partition coefficient (Wildman–Crippen LogP) is 1.23. The van der Waals surface area contributed by atoms with Crippen LogP contribution >= 0.6 is 0 Å². The van der Waals surface area contributed by atoms with Crippen molar-refractivity contribution in [2.45, 2.75) is 39.4 Å². The molecule has 0 atom stereocenters. The van der Waals surface area contributed by atoms with Gasteiger partial charge in [0.15, 0.2) is 8.32 Å². The zero-order valence-corrected chi connectivity index (χ0v) is 10.7. The van der Waals surface area contributed by atoms with E-state index in [0.717, 1.165) is 19.4 Å². The minimum atomic E-state index is -1.92. The molecule has 0 heterocycles. The van der Waals surface area contributed by atoms with Gasteiger partial charge in [-0.1, -0.05) is 0 Å². The second-order valence-electron chi connectivity index (χ2n) is 3.78. The van der Waals surface area contributed by atoms with Crippen molar-refractivity contribution in [2.75, 3.05) is 6.61 Å². The van der Waals surface area contributed by atoms with Gasteiger partial charge in [-0.2, -0.15) is 0 Å². The van der Waals surface area contributed by atoms with Crippen LogP contribution in [0.15, 0.2) is 0 Å². The maximum absolute atomic E-state index is 10.3. The Morgan fingerprint density at radius 3 is 1.93 bits per heavy atom. The molecule has 90 valence electrons. The normalized spacial score (nSPS) is 9.93. The number of carbonyl (C=O) groups is 2. The van der Waals surface area contributed by atoms with Crippen molar-refractivity contribution in [2.24, 2.45) is 0 Å². The second-order valence-corrected chi connectivity index (χ2v) is 7.90. The first-order valence-corrected chi connectivity index (χ1v) is 7.86. The van der Waals surface area contributed by atoms with Gasteiger partial charge in [0, 0.05) is 13.8 Å². The van der Waals surface area contributed by atoms with E-state index < -0.39 is 14.3 Å². The van der Waals surface area contributed by atoms with Crippen molar-refractivity contribution in [3.63, 3.8) is 0 Å². The lowest BCUT2D eigenvalue weighted by Crippen LogP contribution is -2.24. The molecule has 0 spiro atoms. The van der Waals surface area contributed by atoms with E-state index in [4.69, 9.17) is 14.6 Å². The molecule has 0 aromatic rings. The summed E-state index contributed by atoms with van der Waals surface area (Å²) < 4.78 is 4.71. The fraction of sp³-hybridized carbons (Fsp3) is 0.778. The summed E-state index contributed by atoms with van der Waals surface area (Å²) in [5, 5.41) is 7.42. The highest BCUT2D eigenvalue weighted by molar-refractivity contribution is 6.69. The molecule has 0 radical (unpaired) electrons. The van der Waals surface area contributed by atoms with Gasteiger partial charge in [-0.25, -0.2) is 0 Å². The van der Waals surface area contributed by atoms with Gasteiger partial charge in [-0.15, -0.1) is 0 Å². The molecule has 0 aliphatic carbocycles. The van der Waals surface area contributed by atoms with Gasteiger partial charge in [0.2, 0.25) is 0 Å². The Kier molecular flexibility index (Phi) is 9.29. The van der Waals surface area contributed by atoms with Crippen molar-refractivity contribution in [3.8, 4) is 0 Å².